The molecule has 0 fully saturated rings. The molecule has 0 radical (unpaired) electrons. The van der Waals surface area contributed by atoms with Crippen LogP contribution in [0.1, 0.15) is 27.0 Å². The summed E-state index contributed by atoms with van der Waals surface area (Å²) >= 11 is 5.99. The molecule has 1 heterocycles. The average Bonchev–Trinajstić information content (AvgIpc) is 3.27. The molecule has 0 saturated carbocycles. The van der Waals surface area contributed by atoms with Crippen molar-refractivity contribution in [2.75, 3.05) is 46.7 Å². The Bertz CT molecular complexity index is 781. The van der Waals surface area contributed by atoms with Gasteiger partial charge >= 0.3 is 0 Å². The Balaban J connectivity index is 1.98. The van der Waals surface area contributed by atoms with E-state index < -0.39 is 17.6 Å². The van der Waals surface area contributed by atoms with Gasteiger partial charge in [0.25, 0.3) is 0 Å². The van der Waals surface area contributed by atoms with Crippen LogP contribution in [0.2, 0.25) is 5.02 Å². The summed E-state index contributed by atoms with van der Waals surface area (Å²) in [7, 11) is 1.63. The number of ether oxygens (including phenoxy) is 4. The first kappa shape index (κ1) is 26.1. The smallest absolute Gasteiger partial charge is 0.229 e. The summed E-state index contributed by atoms with van der Waals surface area (Å²) in [5, 5.41) is 7.78. The number of nitrogens with zero attached hydrogens (tertiary/aromatic N) is 3. The molecule has 9 nitrogen and oxygen atoms in total. The summed E-state index contributed by atoms with van der Waals surface area (Å²) in [5.74, 6) is -0.141. The number of hydrogen-bond acceptors (Lipinski definition) is 7. The van der Waals surface area contributed by atoms with Gasteiger partial charge in [0.15, 0.2) is 0 Å². The standard InChI is InChI=1S/C22H33ClN4O5/c1-22(2,3)19(20(28)25-9-10-30-13-14-31-12-11-29-4)21(27-16-24-15-26-27)32-18-7-5-17(23)6-8-18/h5-8,15-16,19,21H,9-14H2,1-4H3,(H,25,28). The van der Waals surface area contributed by atoms with E-state index in [9.17, 15) is 4.79 Å². The molecule has 1 aromatic heterocycles. The van der Waals surface area contributed by atoms with E-state index in [0.29, 0.717) is 50.4 Å². The fourth-order valence-corrected chi connectivity index (χ4v) is 3.17. The molecule has 178 valence electrons. The van der Waals surface area contributed by atoms with E-state index in [1.165, 1.54) is 6.33 Å². The molecule has 10 heteroatoms. The van der Waals surface area contributed by atoms with Crippen molar-refractivity contribution < 1.29 is 23.7 Å². The highest BCUT2D eigenvalue weighted by Gasteiger charge is 2.41. The summed E-state index contributed by atoms with van der Waals surface area (Å²) in [6.45, 7) is 8.71. The molecule has 2 atom stereocenters. The predicted octanol–water partition coefficient (Wildman–Crippen LogP) is 2.97. The second kappa shape index (κ2) is 13.4. The van der Waals surface area contributed by atoms with E-state index in [1.54, 1.807) is 42.4 Å². The number of carbonyl (C=O) groups is 1. The van der Waals surface area contributed by atoms with Crippen molar-refractivity contribution in [2.45, 2.75) is 27.0 Å². The number of rotatable bonds is 14. The first-order chi connectivity index (χ1) is 15.3. The second-order valence-corrected chi connectivity index (χ2v) is 8.63. The molecule has 1 N–H and O–H groups in total. The van der Waals surface area contributed by atoms with Gasteiger partial charge in [0.1, 0.15) is 24.3 Å². The highest BCUT2D eigenvalue weighted by atomic mass is 35.5. The zero-order chi connectivity index (χ0) is 23.4. The fraction of sp³-hybridized carbons (Fsp3) is 0.591. The minimum Gasteiger partial charge on any atom is -0.468 e. The molecule has 2 aromatic rings. The minimum absolute atomic E-state index is 0.160. The van der Waals surface area contributed by atoms with E-state index in [1.807, 2.05) is 20.8 Å². The van der Waals surface area contributed by atoms with Gasteiger partial charge in [0.05, 0.1) is 33.0 Å². The second-order valence-electron chi connectivity index (χ2n) is 8.19. The maximum atomic E-state index is 13.2. The average molecular weight is 469 g/mol. The van der Waals surface area contributed by atoms with Crippen molar-refractivity contribution >= 4 is 17.5 Å². The predicted molar refractivity (Wildman–Crippen MR) is 121 cm³/mol. The monoisotopic (exact) mass is 468 g/mol. The molecule has 2 rings (SSSR count). The first-order valence-electron chi connectivity index (χ1n) is 10.5. The highest BCUT2D eigenvalue weighted by molar-refractivity contribution is 6.30. The quantitative estimate of drug-likeness (QED) is 0.426. The zero-order valence-electron chi connectivity index (χ0n) is 19.1. The number of benzene rings is 1. The molecule has 2 unspecified atom stereocenters. The molecule has 0 bridgehead atoms. The van der Waals surface area contributed by atoms with Crippen LogP contribution in [0.25, 0.3) is 0 Å². The number of nitrogens with one attached hydrogen (secondary N) is 1. The molecule has 0 aliphatic heterocycles. The van der Waals surface area contributed by atoms with Gasteiger partial charge in [-0.1, -0.05) is 32.4 Å². The van der Waals surface area contributed by atoms with Crippen LogP contribution in [0.15, 0.2) is 36.9 Å². The number of carbonyl (C=O) groups excluding carboxylic acids is 1. The Morgan fingerprint density at radius 2 is 1.75 bits per heavy atom. The van der Waals surface area contributed by atoms with E-state index in [-0.39, 0.29) is 5.91 Å². The number of methoxy groups -OCH3 is 1. The molecule has 1 aromatic carbocycles. The molecule has 0 aliphatic rings. The third-order valence-corrected chi connectivity index (χ3v) is 4.87. The van der Waals surface area contributed by atoms with Crippen molar-refractivity contribution in [3.05, 3.63) is 41.9 Å². The topological polar surface area (TPSA) is 96.7 Å². The van der Waals surface area contributed by atoms with Crippen LogP contribution in [0.3, 0.4) is 0 Å². The fourth-order valence-electron chi connectivity index (χ4n) is 3.05. The Morgan fingerprint density at radius 3 is 2.34 bits per heavy atom. The van der Waals surface area contributed by atoms with Crippen LogP contribution >= 0.6 is 11.6 Å². The maximum Gasteiger partial charge on any atom is 0.229 e. The van der Waals surface area contributed by atoms with Gasteiger partial charge in [-0.05, 0) is 29.7 Å². The molecule has 1 amide bonds. The maximum absolute atomic E-state index is 13.2. The van der Waals surface area contributed by atoms with Crippen LogP contribution in [0, 0.1) is 11.3 Å². The number of aromatic nitrogens is 3. The lowest BCUT2D eigenvalue weighted by Gasteiger charge is -2.35. The van der Waals surface area contributed by atoms with Gasteiger partial charge in [-0.25, -0.2) is 9.67 Å². The molecule has 0 saturated heterocycles. The van der Waals surface area contributed by atoms with Gasteiger partial charge in [-0.15, -0.1) is 0 Å². The third-order valence-electron chi connectivity index (χ3n) is 4.62. The lowest BCUT2D eigenvalue weighted by atomic mass is 9.78. The van der Waals surface area contributed by atoms with Crippen LogP contribution in [-0.4, -0.2) is 67.4 Å². The van der Waals surface area contributed by atoms with Gasteiger partial charge in [0.2, 0.25) is 12.1 Å². The van der Waals surface area contributed by atoms with E-state index in [0.717, 1.165) is 0 Å². The van der Waals surface area contributed by atoms with Gasteiger partial charge in [0, 0.05) is 18.7 Å². The molecular formula is C22H33ClN4O5. The molecular weight excluding hydrogens is 436 g/mol. The van der Waals surface area contributed by atoms with Crippen molar-refractivity contribution in [3.63, 3.8) is 0 Å². The number of amides is 1. The lowest BCUT2D eigenvalue weighted by molar-refractivity contribution is -0.136. The molecule has 32 heavy (non-hydrogen) atoms. The summed E-state index contributed by atoms with van der Waals surface area (Å²) in [4.78, 5) is 17.2. The third kappa shape index (κ3) is 8.74. The number of hydrogen-bond donors (Lipinski definition) is 1. The van der Waals surface area contributed by atoms with Crippen LogP contribution < -0.4 is 10.1 Å². The Hall–Kier alpha value is -2.20. The minimum atomic E-state index is -0.700. The zero-order valence-corrected chi connectivity index (χ0v) is 19.9. The summed E-state index contributed by atoms with van der Waals surface area (Å²) in [6.07, 6.45) is 2.26. The van der Waals surface area contributed by atoms with E-state index >= 15 is 0 Å². The lowest BCUT2D eigenvalue weighted by Crippen LogP contribution is -2.46. The van der Waals surface area contributed by atoms with E-state index in [4.69, 9.17) is 30.5 Å². The largest absolute Gasteiger partial charge is 0.468 e. The van der Waals surface area contributed by atoms with Crippen LogP contribution in [0.4, 0.5) is 0 Å². The molecule has 0 spiro atoms. The summed E-state index contributed by atoms with van der Waals surface area (Å²) in [6, 6.07) is 6.98. The van der Waals surface area contributed by atoms with Crippen molar-refractivity contribution in [2.24, 2.45) is 11.3 Å². The summed E-state index contributed by atoms with van der Waals surface area (Å²) < 4.78 is 23.5. The van der Waals surface area contributed by atoms with Gasteiger partial charge in [-0.3, -0.25) is 4.79 Å². The molecule has 0 aliphatic carbocycles. The SMILES string of the molecule is COCCOCCOCCNC(=O)C(C(Oc1ccc(Cl)cc1)n1cncn1)C(C)(C)C. The first-order valence-corrected chi connectivity index (χ1v) is 10.9. The van der Waals surface area contributed by atoms with E-state index in [2.05, 4.69) is 15.4 Å². The van der Waals surface area contributed by atoms with Crippen LogP contribution in [-0.2, 0) is 19.0 Å². The Morgan fingerprint density at radius 1 is 1.09 bits per heavy atom. The highest BCUT2D eigenvalue weighted by Crippen LogP contribution is 2.36. The summed E-state index contributed by atoms with van der Waals surface area (Å²) in [5.41, 5.74) is -0.427. The normalized spacial score (nSPS) is 13.5. The Labute approximate surface area is 194 Å². The number of halogens is 1. The van der Waals surface area contributed by atoms with Crippen molar-refractivity contribution in [1.82, 2.24) is 20.1 Å². The van der Waals surface area contributed by atoms with Gasteiger partial charge in [-0.2, -0.15) is 5.10 Å². The van der Waals surface area contributed by atoms with Crippen molar-refractivity contribution in [3.8, 4) is 5.75 Å². The van der Waals surface area contributed by atoms with Gasteiger partial charge < -0.3 is 24.3 Å². The van der Waals surface area contributed by atoms with Crippen molar-refractivity contribution in [1.29, 1.82) is 0 Å². The Kier molecular flexibility index (Phi) is 10.9. The van der Waals surface area contributed by atoms with Crippen LogP contribution in [0.5, 0.6) is 5.75 Å².